The molecule has 0 saturated carbocycles. The molecule has 1 atom stereocenters. The molecule has 1 unspecified atom stereocenters. The Morgan fingerprint density at radius 1 is 1.25 bits per heavy atom. The van der Waals surface area contributed by atoms with Crippen molar-refractivity contribution >= 4 is 27.6 Å². The van der Waals surface area contributed by atoms with Crippen molar-refractivity contribution in [2.45, 2.75) is 33.2 Å². The number of aryl methyl sites for hydroxylation is 1. The number of nitrogen functional groups attached to an aromatic ring is 1. The van der Waals surface area contributed by atoms with E-state index in [1.54, 1.807) is 0 Å². The van der Waals surface area contributed by atoms with Crippen LogP contribution < -0.4 is 11.1 Å². The molecular weight excluding hydrogens is 316 g/mol. The maximum atomic E-state index is 5.93. The number of anilines is 2. The highest BCUT2D eigenvalue weighted by atomic mass is 79.9. The third kappa shape index (κ3) is 3.28. The first-order valence-electron chi connectivity index (χ1n) is 6.66. The minimum absolute atomic E-state index is 0.154. The van der Waals surface area contributed by atoms with Crippen molar-refractivity contribution in [3.8, 4) is 0 Å². The minimum atomic E-state index is 0.154. The van der Waals surface area contributed by atoms with Crippen LogP contribution in [0, 0.1) is 6.92 Å². The number of rotatable bonds is 4. The highest BCUT2D eigenvalue weighted by Gasteiger charge is 2.11. The van der Waals surface area contributed by atoms with Gasteiger partial charge in [0.25, 0.3) is 0 Å². The van der Waals surface area contributed by atoms with Crippen molar-refractivity contribution in [3.05, 3.63) is 45.7 Å². The zero-order valence-electron chi connectivity index (χ0n) is 11.9. The number of hydrogen-bond acceptors (Lipinski definition) is 4. The van der Waals surface area contributed by atoms with Crippen molar-refractivity contribution in [2.24, 2.45) is 0 Å². The van der Waals surface area contributed by atoms with Gasteiger partial charge in [0.05, 0.1) is 0 Å². The van der Waals surface area contributed by atoms with E-state index in [9.17, 15) is 0 Å². The lowest BCUT2D eigenvalue weighted by molar-refractivity contribution is 0.853. The van der Waals surface area contributed by atoms with Gasteiger partial charge in [0.1, 0.15) is 17.5 Å². The molecule has 2 aromatic rings. The zero-order chi connectivity index (χ0) is 14.7. The van der Waals surface area contributed by atoms with Gasteiger partial charge in [-0.15, -0.1) is 0 Å². The molecule has 5 heteroatoms. The quantitative estimate of drug-likeness (QED) is 0.890. The molecular formula is C15H19BrN4. The second kappa shape index (κ2) is 6.22. The van der Waals surface area contributed by atoms with Crippen molar-refractivity contribution in [1.29, 1.82) is 0 Å². The van der Waals surface area contributed by atoms with Gasteiger partial charge in [0, 0.05) is 22.5 Å². The Balaban J connectivity index is 2.25. The summed E-state index contributed by atoms with van der Waals surface area (Å²) in [7, 11) is 0. The second-order valence-corrected chi connectivity index (χ2v) is 5.69. The Bertz CT molecular complexity index is 596. The molecule has 1 aromatic heterocycles. The number of nitrogens with zero attached hydrogens (tertiary/aromatic N) is 2. The highest BCUT2D eigenvalue weighted by molar-refractivity contribution is 9.10. The maximum absolute atomic E-state index is 5.93. The maximum Gasteiger partial charge on any atom is 0.135 e. The van der Waals surface area contributed by atoms with Gasteiger partial charge in [0.15, 0.2) is 0 Å². The van der Waals surface area contributed by atoms with E-state index in [0.29, 0.717) is 5.82 Å². The highest BCUT2D eigenvalue weighted by Crippen LogP contribution is 2.24. The Morgan fingerprint density at radius 2 is 1.90 bits per heavy atom. The van der Waals surface area contributed by atoms with Crippen LogP contribution in [0.5, 0.6) is 0 Å². The molecule has 0 aliphatic heterocycles. The number of hydrogen-bond donors (Lipinski definition) is 2. The molecule has 3 N–H and O–H groups in total. The normalized spacial score (nSPS) is 12.2. The van der Waals surface area contributed by atoms with Crippen LogP contribution >= 0.6 is 15.9 Å². The van der Waals surface area contributed by atoms with E-state index in [4.69, 9.17) is 5.73 Å². The van der Waals surface area contributed by atoms with Crippen LogP contribution in [0.4, 0.5) is 11.6 Å². The average Bonchev–Trinajstić information content (AvgIpc) is 2.44. The predicted molar refractivity (Wildman–Crippen MR) is 86.7 cm³/mol. The van der Waals surface area contributed by atoms with Gasteiger partial charge in [-0.2, -0.15) is 0 Å². The van der Waals surface area contributed by atoms with Crippen LogP contribution in [0.25, 0.3) is 0 Å². The SMILES string of the molecule is CCc1nc(N)c(C)c(NC(C)c2ccc(Br)cc2)n1. The molecule has 2 rings (SSSR count). The van der Waals surface area contributed by atoms with Crippen LogP contribution in [0.1, 0.15) is 36.8 Å². The van der Waals surface area contributed by atoms with E-state index in [0.717, 1.165) is 28.1 Å². The fourth-order valence-corrected chi connectivity index (χ4v) is 2.18. The first kappa shape index (κ1) is 14.8. The van der Waals surface area contributed by atoms with E-state index in [1.165, 1.54) is 5.56 Å². The summed E-state index contributed by atoms with van der Waals surface area (Å²) in [6, 6.07) is 8.39. The molecule has 0 spiro atoms. The van der Waals surface area contributed by atoms with Gasteiger partial charge in [0.2, 0.25) is 0 Å². The first-order chi connectivity index (χ1) is 9.51. The van der Waals surface area contributed by atoms with E-state index in [2.05, 4.69) is 50.3 Å². The molecule has 1 aromatic carbocycles. The van der Waals surface area contributed by atoms with Gasteiger partial charge >= 0.3 is 0 Å². The zero-order valence-corrected chi connectivity index (χ0v) is 13.5. The molecule has 106 valence electrons. The molecule has 0 saturated heterocycles. The molecule has 0 fully saturated rings. The standard InChI is InChI=1S/C15H19BrN4/c1-4-13-19-14(17)9(2)15(20-13)18-10(3)11-5-7-12(16)8-6-11/h5-8,10H,4H2,1-3H3,(H3,17,18,19,20). The van der Waals surface area contributed by atoms with Gasteiger partial charge in [-0.1, -0.05) is 35.0 Å². The third-order valence-corrected chi connectivity index (χ3v) is 3.80. The molecule has 4 nitrogen and oxygen atoms in total. The van der Waals surface area contributed by atoms with E-state index in [1.807, 2.05) is 26.0 Å². The molecule has 0 amide bonds. The summed E-state index contributed by atoms with van der Waals surface area (Å²) in [5.74, 6) is 2.12. The van der Waals surface area contributed by atoms with Crippen molar-refractivity contribution in [1.82, 2.24) is 9.97 Å². The number of halogens is 1. The minimum Gasteiger partial charge on any atom is -0.383 e. The molecule has 1 heterocycles. The van der Waals surface area contributed by atoms with Gasteiger partial charge in [-0.25, -0.2) is 9.97 Å². The Hall–Kier alpha value is -1.62. The second-order valence-electron chi connectivity index (χ2n) is 4.77. The summed E-state index contributed by atoms with van der Waals surface area (Å²) in [5, 5.41) is 3.42. The monoisotopic (exact) mass is 334 g/mol. The van der Waals surface area contributed by atoms with Crippen molar-refractivity contribution in [3.63, 3.8) is 0 Å². The van der Waals surface area contributed by atoms with E-state index in [-0.39, 0.29) is 6.04 Å². The van der Waals surface area contributed by atoms with Crippen molar-refractivity contribution < 1.29 is 0 Å². The fourth-order valence-electron chi connectivity index (χ4n) is 1.92. The molecule has 0 aliphatic rings. The molecule has 0 bridgehead atoms. The Kier molecular flexibility index (Phi) is 4.60. The molecule has 0 aliphatic carbocycles. The summed E-state index contributed by atoms with van der Waals surface area (Å²) in [6.07, 6.45) is 0.770. The summed E-state index contributed by atoms with van der Waals surface area (Å²) >= 11 is 3.44. The summed E-state index contributed by atoms with van der Waals surface area (Å²) in [4.78, 5) is 8.79. The van der Waals surface area contributed by atoms with E-state index < -0.39 is 0 Å². The van der Waals surface area contributed by atoms with Crippen LogP contribution in [-0.4, -0.2) is 9.97 Å². The van der Waals surface area contributed by atoms with Crippen LogP contribution in [0.3, 0.4) is 0 Å². The molecule has 20 heavy (non-hydrogen) atoms. The fraction of sp³-hybridized carbons (Fsp3) is 0.333. The van der Waals surface area contributed by atoms with Gasteiger partial charge < -0.3 is 11.1 Å². The van der Waals surface area contributed by atoms with Gasteiger partial charge in [-0.05, 0) is 31.5 Å². The van der Waals surface area contributed by atoms with Crippen molar-refractivity contribution in [2.75, 3.05) is 11.1 Å². The first-order valence-corrected chi connectivity index (χ1v) is 7.45. The Labute approximate surface area is 128 Å². The Morgan fingerprint density at radius 3 is 2.50 bits per heavy atom. The lowest BCUT2D eigenvalue weighted by atomic mass is 10.1. The summed E-state index contributed by atoms with van der Waals surface area (Å²) in [6.45, 7) is 6.06. The summed E-state index contributed by atoms with van der Waals surface area (Å²) < 4.78 is 1.07. The number of nitrogens with one attached hydrogen (secondary N) is 1. The van der Waals surface area contributed by atoms with Crippen LogP contribution in [0.15, 0.2) is 28.7 Å². The number of aromatic nitrogens is 2. The van der Waals surface area contributed by atoms with Crippen LogP contribution in [0.2, 0.25) is 0 Å². The van der Waals surface area contributed by atoms with Crippen LogP contribution in [-0.2, 0) is 6.42 Å². The smallest absolute Gasteiger partial charge is 0.135 e. The molecule has 0 radical (unpaired) electrons. The lowest BCUT2D eigenvalue weighted by Gasteiger charge is -2.18. The third-order valence-electron chi connectivity index (χ3n) is 3.27. The average molecular weight is 335 g/mol. The van der Waals surface area contributed by atoms with E-state index >= 15 is 0 Å². The summed E-state index contributed by atoms with van der Waals surface area (Å²) in [5.41, 5.74) is 8.03. The largest absolute Gasteiger partial charge is 0.383 e. The topological polar surface area (TPSA) is 63.8 Å². The predicted octanol–water partition coefficient (Wildman–Crippen LogP) is 3.87. The lowest BCUT2D eigenvalue weighted by Crippen LogP contribution is -2.12. The van der Waals surface area contributed by atoms with Gasteiger partial charge in [-0.3, -0.25) is 0 Å². The number of nitrogens with two attached hydrogens (primary N) is 1. The number of benzene rings is 1.